The Hall–Kier alpha value is -1.75. The van der Waals surface area contributed by atoms with Crippen molar-refractivity contribution in [3.63, 3.8) is 0 Å². The van der Waals surface area contributed by atoms with Gasteiger partial charge in [-0.15, -0.1) is 0 Å². The topological polar surface area (TPSA) is 42.8 Å². The van der Waals surface area contributed by atoms with E-state index >= 15 is 0 Å². The molecule has 1 amide bonds. The molecule has 1 unspecified atom stereocenters. The van der Waals surface area contributed by atoms with Gasteiger partial charge in [0, 0.05) is 5.69 Å². The van der Waals surface area contributed by atoms with E-state index in [1.54, 1.807) is 18.2 Å². The second-order valence-electron chi connectivity index (χ2n) is 5.70. The second kappa shape index (κ2) is 8.92. The quantitative estimate of drug-likeness (QED) is 0.789. The Labute approximate surface area is 152 Å². The van der Waals surface area contributed by atoms with E-state index in [1.807, 2.05) is 38.2 Å². The summed E-state index contributed by atoms with van der Waals surface area (Å²) in [7, 11) is 1.94. The Morgan fingerprint density at radius 2 is 1.75 bits per heavy atom. The number of nitrogens with one attached hydrogen (secondary N) is 2. The second-order valence-corrected chi connectivity index (χ2v) is 6.51. The first-order chi connectivity index (χ1) is 11.5. The lowest BCUT2D eigenvalue weighted by atomic mass is 10.2. The molecule has 24 heavy (non-hydrogen) atoms. The number of likely N-dealkylation sites (N-methyl/N-ethyl adjacent to an activating group) is 1. The van der Waals surface area contributed by atoms with Crippen molar-refractivity contribution in [2.75, 3.05) is 32.1 Å². The summed E-state index contributed by atoms with van der Waals surface area (Å²) in [5.74, 6) is 0.449. The molecule has 2 aromatic rings. The van der Waals surface area contributed by atoms with Crippen LogP contribution in [-0.4, -0.2) is 32.7 Å². The zero-order chi connectivity index (χ0) is 17.5. The molecule has 6 heteroatoms. The Bertz CT molecular complexity index is 670. The van der Waals surface area contributed by atoms with Gasteiger partial charge in [0.1, 0.15) is 13.2 Å². The van der Waals surface area contributed by atoms with E-state index in [9.17, 15) is 4.79 Å². The molecular weight excluding hydrogens is 347 g/mol. The van der Waals surface area contributed by atoms with Crippen LogP contribution in [0.2, 0.25) is 10.0 Å². The fourth-order valence-electron chi connectivity index (χ4n) is 2.15. The standard InChI is InChI=1S/C18H20Cl2N2O2/c1-13-6-8-14(9-7-13)21-17(23)12-22(2)10-11-24-18-15(19)4-3-5-16(18)20/h3-9H,10-12H2,1-2H3,(H,21,23)/p+1. The van der Waals surface area contributed by atoms with Crippen LogP contribution < -0.4 is 15.0 Å². The molecule has 0 saturated carbocycles. The third-order valence-electron chi connectivity index (χ3n) is 3.49. The minimum absolute atomic E-state index is 0.0351. The van der Waals surface area contributed by atoms with Crippen LogP contribution in [0.15, 0.2) is 42.5 Å². The summed E-state index contributed by atoms with van der Waals surface area (Å²) in [4.78, 5) is 13.1. The summed E-state index contributed by atoms with van der Waals surface area (Å²) in [6.07, 6.45) is 0. The molecule has 1 atom stereocenters. The number of aryl methyl sites for hydroxylation is 1. The van der Waals surface area contributed by atoms with Gasteiger partial charge in [0.15, 0.2) is 12.3 Å². The minimum atomic E-state index is -0.0351. The van der Waals surface area contributed by atoms with Gasteiger partial charge in [-0.05, 0) is 31.2 Å². The van der Waals surface area contributed by atoms with Crippen molar-refractivity contribution in [1.29, 1.82) is 0 Å². The molecule has 0 radical (unpaired) electrons. The maximum atomic E-state index is 12.0. The van der Waals surface area contributed by atoms with Gasteiger partial charge < -0.3 is 15.0 Å². The van der Waals surface area contributed by atoms with Gasteiger partial charge in [0.2, 0.25) is 0 Å². The number of halogens is 2. The summed E-state index contributed by atoms with van der Waals surface area (Å²) in [6, 6.07) is 12.9. The van der Waals surface area contributed by atoms with Crippen LogP contribution in [0.3, 0.4) is 0 Å². The van der Waals surface area contributed by atoms with Crippen LogP contribution in [0, 0.1) is 6.92 Å². The predicted octanol–water partition coefficient (Wildman–Crippen LogP) is 2.83. The highest BCUT2D eigenvalue weighted by molar-refractivity contribution is 6.37. The molecule has 128 valence electrons. The van der Waals surface area contributed by atoms with Crippen LogP contribution in [0.1, 0.15) is 5.56 Å². The van der Waals surface area contributed by atoms with Crippen molar-refractivity contribution in [2.45, 2.75) is 6.92 Å². The van der Waals surface area contributed by atoms with E-state index < -0.39 is 0 Å². The fraction of sp³-hybridized carbons (Fsp3) is 0.278. The highest BCUT2D eigenvalue weighted by atomic mass is 35.5. The molecule has 2 aromatic carbocycles. The van der Waals surface area contributed by atoms with Gasteiger partial charge >= 0.3 is 0 Å². The van der Waals surface area contributed by atoms with Crippen LogP contribution in [0.5, 0.6) is 5.75 Å². The van der Waals surface area contributed by atoms with Crippen LogP contribution in [-0.2, 0) is 4.79 Å². The fourth-order valence-corrected chi connectivity index (χ4v) is 2.66. The number of rotatable bonds is 7. The molecule has 2 rings (SSSR count). The summed E-state index contributed by atoms with van der Waals surface area (Å²) < 4.78 is 5.63. The molecule has 0 saturated heterocycles. The van der Waals surface area contributed by atoms with E-state index in [4.69, 9.17) is 27.9 Å². The molecule has 0 aliphatic rings. The van der Waals surface area contributed by atoms with E-state index in [0.717, 1.165) is 16.2 Å². The third-order valence-corrected chi connectivity index (χ3v) is 4.09. The monoisotopic (exact) mass is 367 g/mol. The van der Waals surface area contributed by atoms with Gasteiger partial charge in [-0.3, -0.25) is 4.79 Å². The average molecular weight is 368 g/mol. The zero-order valence-corrected chi connectivity index (χ0v) is 15.2. The highest BCUT2D eigenvalue weighted by Gasteiger charge is 2.12. The molecule has 2 N–H and O–H groups in total. The summed E-state index contributed by atoms with van der Waals surface area (Å²) in [5, 5.41) is 3.85. The van der Waals surface area contributed by atoms with E-state index in [-0.39, 0.29) is 5.91 Å². The number of carbonyl (C=O) groups is 1. The molecule has 0 bridgehead atoms. The molecule has 0 aromatic heterocycles. The summed E-state index contributed by atoms with van der Waals surface area (Å²) in [5.41, 5.74) is 1.96. The molecule has 4 nitrogen and oxygen atoms in total. The van der Waals surface area contributed by atoms with Crippen molar-refractivity contribution in [3.8, 4) is 5.75 Å². The predicted molar refractivity (Wildman–Crippen MR) is 98.4 cm³/mol. The third kappa shape index (κ3) is 5.71. The van der Waals surface area contributed by atoms with Gasteiger partial charge in [-0.25, -0.2) is 0 Å². The first-order valence-corrected chi connectivity index (χ1v) is 8.46. The number of quaternary nitrogens is 1. The SMILES string of the molecule is Cc1ccc(NC(=O)C[NH+](C)CCOc2c(Cl)cccc2Cl)cc1. The van der Waals surface area contributed by atoms with Crippen LogP contribution >= 0.6 is 23.2 Å². The Morgan fingerprint density at radius 3 is 2.38 bits per heavy atom. The van der Waals surface area contributed by atoms with Crippen molar-refractivity contribution in [1.82, 2.24) is 0 Å². The molecular formula is C18H21Cl2N2O2+. The first kappa shape index (κ1) is 18.6. The zero-order valence-electron chi connectivity index (χ0n) is 13.7. The molecule has 0 aliphatic heterocycles. The number of amides is 1. The smallest absolute Gasteiger partial charge is 0.279 e. The molecule has 0 heterocycles. The van der Waals surface area contributed by atoms with Crippen molar-refractivity contribution >= 4 is 34.8 Å². The van der Waals surface area contributed by atoms with Crippen molar-refractivity contribution in [2.24, 2.45) is 0 Å². The number of hydrogen-bond acceptors (Lipinski definition) is 2. The lowest BCUT2D eigenvalue weighted by Crippen LogP contribution is -3.10. The largest absolute Gasteiger partial charge is 0.485 e. The van der Waals surface area contributed by atoms with Gasteiger partial charge in [0.25, 0.3) is 5.91 Å². The summed E-state index contributed by atoms with van der Waals surface area (Å²) >= 11 is 12.1. The van der Waals surface area contributed by atoms with Crippen molar-refractivity contribution in [3.05, 3.63) is 58.1 Å². The summed E-state index contributed by atoms with van der Waals surface area (Å²) in [6.45, 7) is 3.44. The maximum Gasteiger partial charge on any atom is 0.279 e. The van der Waals surface area contributed by atoms with Gasteiger partial charge in [-0.1, -0.05) is 47.0 Å². The van der Waals surface area contributed by atoms with E-state index in [0.29, 0.717) is 35.5 Å². The van der Waals surface area contributed by atoms with Gasteiger partial charge in [-0.2, -0.15) is 0 Å². The minimum Gasteiger partial charge on any atom is -0.485 e. The van der Waals surface area contributed by atoms with Crippen LogP contribution in [0.25, 0.3) is 0 Å². The number of anilines is 1. The Balaban J connectivity index is 1.75. The lowest BCUT2D eigenvalue weighted by Gasteiger charge is -2.15. The normalized spacial score (nSPS) is 11.8. The number of benzene rings is 2. The van der Waals surface area contributed by atoms with Crippen molar-refractivity contribution < 1.29 is 14.4 Å². The molecule has 0 aliphatic carbocycles. The van der Waals surface area contributed by atoms with Gasteiger partial charge in [0.05, 0.1) is 17.1 Å². The molecule has 0 fully saturated rings. The number of hydrogen-bond donors (Lipinski definition) is 2. The molecule has 0 spiro atoms. The average Bonchev–Trinajstić information content (AvgIpc) is 2.52. The number of ether oxygens (including phenoxy) is 1. The number of para-hydroxylation sites is 1. The maximum absolute atomic E-state index is 12.0. The van der Waals surface area contributed by atoms with E-state index in [1.165, 1.54) is 0 Å². The number of carbonyl (C=O) groups excluding carboxylic acids is 1. The Morgan fingerprint density at radius 1 is 1.12 bits per heavy atom. The van der Waals surface area contributed by atoms with E-state index in [2.05, 4.69) is 5.32 Å². The first-order valence-electron chi connectivity index (χ1n) is 7.70. The Kier molecular flexibility index (Phi) is 6.91. The highest BCUT2D eigenvalue weighted by Crippen LogP contribution is 2.31. The van der Waals surface area contributed by atoms with Crippen LogP contribution in [0.4, 0.5) is 5.69 Å². The lowest BCUT2D eigenvalue weighted by molar-refractivity contribution is -0.871.